The number of β-amino-alcohol motifs (C(OH)–C–C–N with tert-alkyl or cyclic N) is 1. The summed E-state index contributed by atoms with van der Waals surface area (Å²) in [5, 5.41) is 12.4. The molecule has 2 N–H and O–H groups in total. The molecular weight excluding hydrogens is 316 g/mol. The van der Waals surface area contributed by atoms with Gasteiger partial charge in [0.2, 0.25) is 0 Å². The normalized spacial score (nSPS) is 17.4. The molecule has 2 rings (SSSR count). The SMILES string of the molecule is COc1ccc(C(=O)OCC(O)CN2C(=O)NC(C)(C)C2=O)cc1. The van der Waals surface area contributed by atoms with Gasteiger partial charge in [-0.15, -0.1) is 0 Å². The minimum absolute atomic E-state index is 0.246. The van der Waals surface area contributed by atoms with Crippen molar-refractivity contribution in [2.45, 2.75) is 25.5 Å². The maximum absolute atomic E-state index is 12.0. The largest absolute Gasteiger partial charge is 0.497 e. The lowest BCUT2D eigenvalue weighted by Gasteiger charge is -2.19. The first-order valence-electron chi connectivity index (χ1n) is 7.38. The standard InChI is InChI=1S/C16H20N2O6/c1-16(2)14(21)18(15(22)17-16)8-11(19)9-24-13(20)10-4-6-12(23-3)7-5-10/h4-7,11,19H,8-9H2,1-3H3,(H,17,22). The zero-order chi connectivity index (χ0) is 17.9. The van der Waals surface area contributed by atoms with Crippen LogP contribution in [0.2, 0.25) is 0 Å². The molecule has 0 saturated carbocycles. The van der Waals surface area contributed by atoms with Crippen LogP contribution in [0.1, 0.15) is 24.2 Å². The molecule has 0 bridgehead atoms. The first-order valence-corrected chi connectivity index (χ1v) is 7.38. The lowest BCUT2D eigenvalue weighted by Crippen LogP contribution is -2.42. The quantitative estimate of drug-likeness (QED) is 0.580. The van der Waals surface area contributed by atoms with Crippen molar-refractivity contribution in [3.8, 4) is 5.75 Å². The van der Waals surface area contributed by atoms with Crippen molar-refractivity contribution in [3.63, 3.8) is 0 Å². The third-order valence-corrected chi connectivity index (χ3v) is 3.57. The molecule has 1 atom stereocenters. The Kier molecular flexibility index (Phi) is 5.08. The van der Waals surface area contributed by atoms with Gasteiger partial charge in [-0.2, -0.15) is 0 Å². The van der Waals surface area contributed by atoms with Gasteiger partial charge >= 0.3 is 12.0 Å². The van der Waals surface area contributed by atoms with Crippen LogP contribution in [0.4, 0.5) is 4.79 Å². The number of imide groups is 1. The van der Waals surface area contributed by atoms with Crippen LogP contribution < -0.4 is 10.1 Å². The van der Waals surface area contributed by atoms with Gasteiger partial charge in [0.15, 0.2) is 0 Å². The maximum atomic E-state index is 12.0. The number of aliphatic hydroxyl groups is 1. The van der Waals surface area contributed by atoms with Crippen LogP contribution in [-0.2, 0) is 9.53 Å². The molecule has 3 amide bonds. The Labute approximate surface area is 139 Å². The molecule has 1 aromatic rings. The van der Waals surface area contributed by atoms with Gasteiger partial charge in [0, 0.05) is 0 Å². The monoisotopic (exact) mass is 336 g/mol. The first kappa shape index (κ1) is 17.7. The molecule has 1 heterocycles. The minimum atomic E-state index is -1.17. The van der Waals surface area contributed by atoms with Gasteiger partial charge in [-0.3, -0.25) is 9.69 Å². The molecule has 8 heteroatoms. The molecule has 1 aliphatic rings. The average molecular weight is 336 g/mol. The third kappa shape index (κ3) is 3.83. The fourth-order valence-electron chi connectivity index (χ4n) is 2.23. The number of hydrogen-bond donors (Lipinski definition) is 2. The lowest BCUT2D eigenvalue weighted by atomic mass is 10.1. The number of esters is 1. The number of benzene rings is 1. The zero-order valence-corrected chi connectivity index (χ0v) is 13.7. The molecule has 1 fully saturated rings. The van der Waals surface area contributed by atoms with Gasteiger partial charge in [-0.05, 0) is 38.1 Å². The molecule has 130 valence electrons. The van der Waals surface area contributed by atoms with Crippen LogP contribution in [0.25, 0.3) is 0 Å². The second-order valence-electron chi connectivity index (χ2n) is 5.95. The van der Waals surface area contributed by atoms with E-state index in [4.69, 9.17) is 9.47 Å². The molecule has 0 aromatic heterocycles. The molecule has 8 nitrogen and oxygen atoms in total. The van der Waals surface area contributed by atoms with Crippen LogP contribution in [0, 0.1) is 0 Å². The van der Waals surface area contributed by atoms with Crippen molar-refractivity contribution in [1.29, 1.82) is 0 Å². The predicted octanol–water partition coefficient (Wildman–Crippen LogP) is 0.543. The topological polar surface area (TPSA) is 105 Å². The van der Waals surface area contributed by atoms with Gasteiger partial charge in [0.05, 0.1) is 19.2 Å². The summed E-state index contributed by atoms with van der Waals surface area (Å²) in [6.45, 7) is 2.57. The molecule has 0 aliphatic carbocycles. The lowest BCUT2D eigenvalue weighted by molar-refractivity contribution is -0.131. The maximum Gasteiger partial charge on any atom is 0.338 e. The van der Waals surface area contributed by atoms with E-state index in [9.17, 15) is 19.5 Å². The number of nitrogens with one attached hydrogen (secondary N) is 1. The Morgan fingerprint density at radius 2 is 1.92 bits per heavy atom. The van der Waals surface area contributed by atoms with Crippen molar-refractivity contribution in [3.05, 3.63) is 29.8 Å². The predicted molar refractivity (Wildman–Crippen MR) is 83.6 cm³/mol. The Balaban J connectivity index is 1.86. The molecule has 24 heavy (non-hydrogen) atoms. The number of rotatable bonds is 6. The number of ether oxygens (including phenoxy) is 2. The number of urea groups is 1. The third-order valence-electron chi connectivity index (χ3n) is 3.57. The summed E-state index contributed by atoms with van der Waals surface area (Å²) in [7, 11) is 1.51. The van der Waals surface area contributed by atoms with Crippen LogP contribution in [0.15, 0.2) is 24.3 Å². The summed E-state index contributed by atoms with van der Waals surface area (Å²) in [6.07, 6.45) is -1.17. The van der Waals surface area contributed by atoms with Crippen LogP contribution in [0.3, 0.4) is 0 Å². The molecule has 0 radical (unpaired) electrons. The number of aliphatic hydroxyl groups excluding tert-OH is 1. The van der Waals surface area contributed by atoms with Crippen LogP contribution in [0.5, 0.6) is 5.75 Å². The average Bonchev–Trinajstić information content (AvgIpc) is 2.74. The highest BCUT2D eigenvalue weighted by atomic mass is 16.5. The van der Waals surface area contributed by atoms with Gasteiger partial charge in [-0.25, -0.2) is 9.59 Å². The van der Waals surface area contributed by atoms with Gasteiger partial charge < -0.3 is 19.9 Å². The summed E-state index contributed by atoms with van der Waals surface area (Å²) < 4.78 is 9.99. The number of carbonyl (C=O) groups is 3. The summed E-state index contributed by atoms with van der Waals surface area (Å²) in [5.74, 6) is -0.449. The van der Waals surface area contributed by atoms with Crippen molar-refractivity contribution in [2.24, 2.45) is 0 Å². The molecule has 0 spiro atoms. The van der Waals surface area contributed by atoms with Crippen molar-refractivity contribution in [2.75, 3.05) is 20.3 Å². The van der Waals surface area contributed by atoms with Gasteiger partial charge in [0.1, 0.15) is 24.0 Å². The number of carbonyl (C=O) groups excluding carboxylic acids is 3. The Morgan fingerprint density at radius 1 is 1.29 bits per heavy atom. The highest BCUT2D eigenvalue weighted by molar-refractivity contribution is 6.06. The Hall–Kier alpha value is -2.61. The Morgan fingerprint density at radius 3 is 2.42 bits per heavy atom. The van der Waals surface area contributed by atoms with E-state index < -0.39 is 29.6 Å². The van der Waals surface area contributed by atoms with E-state index in [-0.39, 0.29) is 13.2 Å². The molecular formula is C16H20N2O6. The number of methoxy groups -OCH3 is 1. The second-order valence-corrected chi connectivity index (χ2v) is 5.95. The number of amides is 3. The minimum Gasteiger partial charge on any atom is -0.497 e. The van der Waals surface area contributed by atoms with Crippen LogP contribution in [-0.4, -0.2) is 59.8 Å². The summed E-state index contributed by atoms with van der Waals surface area (Å²) in [4.78, 5) is 36.5. The number of nitrogens with zero attached hydrogens (tertiary/aromatic N) is 1. The number of hydrogen-bond acceptors (Lipinski definition) is 6. The molecule has 1 aromatic carbocycles. The highest BCUT2D eigenvalue weighted by Crippen LogP contribution is 2.17. The summed E-state index contributed by atoms with van der Waals surface area (Å²) >= 11 is 0. The van der Waals surface area contributed by atoms with E-state index in [1.807, 2.05) is 0 Å². The van der Waals surface area contributed by atoms with Gasteiger partial charge in [-0.1, -0.05) is 0 Å². The van der Waals surface area contributed by atoms with Gasteiger partial charge in [0.25, 0.3) is 5.91 Å². The van der Waals surface area contributed by atoms with E-state index in [1.165, 1.54) is 19.2 Å². The smallest absolute Gasteiger partial charge is 0.338 e. The fraction of sp³-hybridized carbons (Fsp3) is 0.438. The molecule has 1 unspecified atom stereocenters. The first-order chi connectivity index (χ1) is 11.2. The zero-order valence-electron chi connectivity index (χ0n) is 13.7. The van der Waals surface area contributed by atoms with E-state index in [1.54, 1.807) is 26.0 Å². The van der Waals surface area contributed by atoms with Crippen molar-refractivity contribution >= 4 is 17.9 Å². The second kappa shape index (κ2) is 6.88. The van der Waals surface area contributed by atoms with E-state index >= 15 is 0 Å². The summed E-state index contributed by atoms with van der Waals surface area (Å²) in [5.41, 5.74) is -0.699. The van der Waals surface area contributed by atoms with Crippen molar-refractivity contribution in [1.82, 2.24) is 10.2 Å². The molecule has 1 saturated heterocycles. The molecule has 1 aliphatic heterocycles. The van der Waals surface area contributed by atoms with E-state index in [0.29, 0.717) is 11.3 Å². The van der Waals surface area contributed by atoms with Crippen LogP contribution >= 0.6 is 0 Å². The highest BCUT2D eigenvalue weighted by Gasteiger charge is 2.44. The van der Waals surface area contributed by atoms with E-state index in [2.05, 4.69) is 5.32 Å². The Bertz CT molecular complexity index is 640. The fourth-order valence-corrected chi connectivity index (χ4v) is 2.23. The van der Waals surface area contributed by atoms with Crippen molar-refractivity contribution < 1.29 is 29.0 Å². The summed E-state index contributed by atoms with van der Waals surface area (Å²) in [6, 6.07) is 5.72. The van der Waals surface area contributed by atoms with E-state index in [0.717, 1.165) is 4.90 Å².